The molecule has 0 aliphatic carbocycles. The minimum absolute atomic E-state index is 0.202. The van der Waals surface area contributed by atoms with Crippen LogP contribution in [0, 0.1) is 11.3 Å². The molecule has 3 heterocycles. The van der Waals surface area contributed by atoms with E-state index in [1.165, 1.54) is 23.0 Å². The smallest absolute Gasteiger partial charge is 0.383 e. The van der Waals surface area contributed by atoms with Crippen molar-refractivity contribution < 1.29 is 13.2 Å². The number of alkyl halides is 3. The van der Waals surface area contributed by atoms with Crippen LogP contribution in [0.25, 0.3) is 16.9 Å². The number of nitriles is 1. The van der Waals surface area contributed by atoms with Crippen LogP contribution in [-0.4, -0.2) is 31.1 Å². The zero-order valence-electron chi connectivity index (χ0n) is 16.6. The number of aryl methyl sites for hydroxylation is 1. The minimum atomic E-state index is -4.40. The predicted molar refractivity (Wildman–Crippen MR) is 111 cm³/mol. The first kappa shape index (κ1) is 21.0. The fourth-order valence-electron chi connectivity index (χ4n) is 3.14. The first-order chi connectivity index (χ1) is 15.3. The molecule has 0 fully saturated rings. The summed E-state index contributed by atoms with van der Waals surface area (Å²) < 4.78 is 40.0. The van der Waals surface area contributed by atoms with E-state index in [0.29, 0.717) is 47.8 Å². The summed E-state index contributed by atoms with van der Waals surface area (Å²) in [6.07, 6.45) is -1.70. The first-order valence-corrected chi connectivity index (χ1v) is 9.63. The molecule has 4 rings (SSSR count). The van der Waals surface area contributed by atoms with Gasteiger partial charge in [-0.15, -0.1) is 0 Å². The second-order valence-electron chi connectivity index (χ2n) is 6.95. The Bertz CT molecular complexity index is 1290. The van der Waals surface area contributed by atoms with Crippen LogP contribution >= 0.6 is 0 Å². The Morgan fingerprint density at radius 1 is 1.09 bits per heavy atom. The summed E-state index contributed by atoms with van der Waals surface area (Å²) in [6, 6.07) is 11.8. The second-order valence-corrected chi connectivity index (χ2v) is 6.95. The van der Waals surface area contributed by atoms with Crippen LogP contribution in [0.5, 0.6) is 0 Å². The quantitative estimate of drug-likeness (QED) is 0.441. The van der Waals surface area contributed by atoms with E-state index in [-0.39, 0.29) is 5.82 Å². The van der Waals surface area contributed by atoms with Crippen molar-refractivity contribution in [3.05, 3.63) is 65.6 Å². The van der Waals surface area contributed by atoms with Crippen LogP contribution < -0.4 is 11.1 Å². The number of nitrogens with two attached hydrogens (primary N) is 1. The predicted octanol–water partition coefficient (Wildman–Crippen LogP) is 3.70. The van der Waals surface area contributed by atoms with Crippen molar-refractivity contribution in [2.24, 2.45) is 0 Å². The molecule has 0 aliphatic rings. The highest BCUT2D eigenvalue weighted by atomic mass is 19.4. The summed E-state index contributed by atoms with van der Waals surface area (Å²) in [5.74, 6) is 0.621. The lowest BCUT2D eigenvalue weighted by atomic mass is 10.1. The molecular formula is C21H17F3N8. The third-order valence-electron chi connectivity index (χ3n) is 4.77. The van der Waals surface area contributed by atoms with E-state index in [2.05, 4.69) is 25.4 Å². The minimum Gasteiger partial charge on any atom is -0.383 e. The maximum absolute atomic E-state index is 12.8. The highest BCUT2D eigenvalue weighted by Crippen LogP contribution is 2.31. The average Bonchev–Trinajstić information content (AvgIpc) is 3.25. The number of benzene rings is 1. The topological polar surface area (TPSA) is 118 Å². The van der Waals surface area contributed by atoms with Gasteiger partial charge in [0.2, 0.25) is 5.95 Å². The summed E-state index contributed by atoms with van der Waals surface area (Å²) in [4.78, 5) is 12.9. The Labute approximate surface area is 180 Å². The summed E-state index contributed by atoms with van der Waals surface area (Å²) in [5, 5.41) is 16.2. The number of nitrogen functional groups attached to an aromatic ring is 1. The average molecular weight is 438 g/mol. The highest BCUT2D eigenvalue weighted by molar-refractivity contribution is 5.66. The molecule has 1 aromatic carbocycles. The van der Waals surface area contributed by atoms with Gasteiger partial charge in [0, 0.05) is 23.9 Å². The summed E-state index contributed by atoms with van der Waals surface area (Å²) in [5.41, 5.74) is 7.64. The molecule has 32 heavy (non-hydrogen) atoms. The van der Waals surface area contributed by atoms with E-state index in [9.17, 15) is 13.2 Å². The highest BCUT2D eigenvalue weighted by Gasteiger charge is 2.30. The number of pyridine rings is 1. The van der Waals surface area contributed by atoms with Crippen molar-refractivity contribution in [1.82, 2.24) is 24.6 Å². The van der Waals surface area contributed by atoms with Crippen molar-refractivity contribution in [2.45, 2.75) is 19.0 Å². The molecule has 0 saturated carbocycles. The van der Waals surface area contributed by atoms with E-state index in [4.69, 9.17) is 11.0 Å². The Balaban J connectivity index is 1.49. The SMILES string of the molecule is N#Cc1ccc(CCCNc2nc(-c3ccc(C(F)(F)F)cc3)cc3ncnn23)nc1N. The van der Waals surface area contributed by atoms with E-state index in [0.717, 1.165) is 17.8 Å². The maximum atomic E-state index is 12.8. The number of halogens is 3. The molecule has 11 heteroatoms. The molecule has 4 aromatic rings. The largest absolute Gasteiger partial charge is 0.416 e. The number of rotatable bonds is 6. The number of fused-ring (bicyclic) bond motifs is 1. The lowest BCUT2D eigenvalue weighted by molar-refractivity contribution is -0.137. The third-order valence-corrected chi connectivity index (χ3v) is 4.77. The normalized spacial score (nSPS) is 11.4. The molecular weight excluding hydrogens is 421 g/mol. The summed E-state index contributed by atoms with van der Waals surface area (Å²) in [6.45, 7) is 0.528. The fourth-order valence-corrected chi connectivity index (χ4v) is 3.14. The van der Waals surface area contributed by atoms with Gasteiger partial charge in [-0.1, -0.05) is 12.1 Å². The van der Waals surface area contributed by atoms with Crippen molar-refractivity contribution in [1.29, 1.82) is 5.26 Å². The van der Waals surface area contributed by atoms with Gasteiger partial charge in [-0.05, 0) is 37.1 Å². The number of hydrogen-bond donors (Lipinski definition) is 2. The zero-order chi connectivity index (χ0) is 22.7. The van der Waals surface area contributed by atoms with Gasteiger partial charge in [0.25, 0.3) is 0 Å². The lowest BCUT2D eigenvalue weighted by Gasteiger charge is -2.11. The van der Waals surface area contributed by atoms with Crippen LogP contribution in [0.2, 0.25) is 0 Å². The first-order valence-electron chi connectivity index (χ1n) is 9.63. The fraction of sp³-hybridized carbons (Fsp3) is 0.190. The number of nitrogens with zero attached hydrogens (tertiary/aromatic N) is 6. The van der Waals surface area contributed by atoms with Gasteiger partial charge in [-0.3, -0.25) is 0 Å². The number of hydrogen-bond acceptors (Lipinski definition) is 7. The Kier molecular flexibility index (Phi) is 5.59. The van der Waals surface area contributed by atoms with Gasteiger partial charge < -0.3 is 11.1 Å². The van der Waals surface area contributed by atoms with E-state index in [1.54, 1.807) is 18.2 Å². The third kappa shape index (κ3) is 4.44. The van der Waals surface area contributed by atoms with E-state index >= 15 is 0 Å². The molecule has 0 aliphatic heterocycles. The Hall–Kier alpha value is -4.20. The molecule has 3 aromatic heterocycles. The number of nitrogens with one attached hydrogen (secondary N) is 1. The molecule has 0 amide bonds. The van der Waals surface area contributed by atoms with Crippen molar-refractivity contribution >= 4 is 17.4 Å². The van der Waals surface area contributed by atoms with Crippen LogP contribution in [-0.2, 0) is 12.6 Å². The van der Waals surface area contributed by atoms with Crippen molar-refractivity contribution in [3.63, 3.8) is 0 Å². The maximum Gasteiger partial charge on any atom is 0.416 e. The monoisotopic (exact) mass is 438 g/mol. The Morgan fingerprint density at radius 3 is 2.56 bits per heavy atom. The van der Waals surface area contributed by atoms with Gasteiger partial charge in [-0.25, -0.2) is 15.0 Å². The summed E-state index contributed by atoms with van der Waals surface area (Å²) >= 11 is 0. The van der Waals surface area contributed by atoms with Gasteiger partial charge in [0.15, 0.2) is 5.65 Å². The van der Waals surface area contributed by atoms with Crippen LogP contribution in [0.15, 0.2) is 48.8 Å². The van der Waals surface area contributed by atoms with Crippen molar-refractivity contribution in [2.75, 3.05) is 17.6 Å². The van der Waals surface area contributed by atoms with Gasteiger partial charge >= 0.3 is 6.18 Å². The summed E-state index contributed by atoms with van der Waals surface area (Å²) in [7, 11) is 0. The zero-order valence-corrected chi connectivity index (χ0v) is 16.6. The van der Waals surface area contributed by atoms with E-state index in [1.807, 2.05) is 6.07 Å². The molecule has 0 saturated heterocycles. The standard InChI is InChI=1S/C21H17F3N8/c22-21(23,24)15-6-3-13(4-7-15)17-10-18-28-12-29-32(18)20(31-17)27-9-1-2-16-8-5-14(11-25)19(26)30-16/h3-8,10,12H,1-2,9H2,(H2,26,30)(H,27,31). The van der Waals surface area contributed by atoms with E-state index < -0.39 is 11.7 Å². The number of aromatic nitrogens is 5. The van der Waals surface area contributed by atoms with Crippen LogP contribution in [0.1, 0.15) is 23.2 Å². The molecule has 162 valence electrons. The molecule has 8 nitrogen and oxygen atoms in total. The molecule has 0 unspecified atom stereocenters. The van der Waals surface area contributed by atoms with Crippen molar-refractivity contribution in [3.8, 4) is 17.3 Å². The van der Waals surface area contributed by atoms with Crippen LogP contribution in [0.4, 0.5) is 24.9 Å². The molecule has 0 spiro atoms. The van der Waals surface area contributed by atoms with Gasteiger partial charge in [0.1, 0.15) is 18.2 Å². The second kappa shape index (κ2) is 8.50. The molecule has 0 bridgehead atoms. The Morgan fingerprint density at radius 2 is 1.88 bits per heavy atom. The molecule has 3 N–H and O–H groups in total. The van der Waals surface area contributed by atoms with Gasteiger partial charge in [-0.2, -0.15) is 28.0 Å². The molecule has 0 radical (unpaired) electrons. The van der Waals surface area contributed by atoms with Crippen LogP contribution in [0.3, 0.4) is 0 Å². The number of anilines is 2. The van der Waals surface area contributed by atoms with Gasteiger partial charge in [0.05, 0.1) is 16.8 Å². The lowest BCUT2D eigenvalue weighted by Crippen LogP contribution is -2.11. The molecule has 0 atom stereocenters.